The monoisotopic (exact) mass is 275 g/mol. The molecule has 3 nitrogen and oxygen atoms in total. The lowest BCUT2D eigenvalue weighted by molar-refractivity contribution is -0.136. The number of aromatic nitrogens is 3. The highest BCUT2D eigenvalue weighted by atomic mass is 35.5. The van der Waals surface area contributed by atoms with Gasteiger partial charge in [-0.1, -0.05) is 11.6 Å². The summed E-state index contributed by atoms with van der Waals surface area (Å²) in [6.45, 7) is 0. The van der Waals surface area contributed by atoms with Crippen LogP contribution in [-0.4, -0.2) is 14.6 Å². The van der Waals surface area contributed by atoms with Crippen LogP contribution in [0.25, 0.3) is 5.65 Å². The summed E-state index contributed by atoms with van der Waals surface area (Å²) in [7, 11) is 0. The minimum absolute atomic E-state index is 0.217. The number of nitrogens with zero attached hydrogens (tertiary/aromatic N) is 3. The molecule has 7 heteroatoms. The first-order valence-corrected chi connectivity index (χ1v) is 5.94. The Kier molecular flexibility index (Phi) is 2.52. The number of rotatable bonds is 2. The van der Waals surface area contributed by atoms with E-state index in [0.717, 1.165) is 12.8 Å². The molecule has 0 aliphatic heterocycles. The molecule has 0 atom stereocenters. The van der Waals surface area contributed by atoms with Crippen molar-refractivity contribution in [1.29, 1.82) is 0 Å². The molecule has 96 valence electrons. The fourth-order valence-corrected chi connectivity index (χ4v) is 2.21. The molecule has 0 N–H and O–H groups in total. The van der Waals surface area contributed by atoms with E-state index >= 15 is 0 Å². The summed E-state index contributed by atoms with van der Waals surface area (Å²) in [5.74, 6) is 1.09. The zero-order chi connectivity index (χ0) is 12.9. The lowest BCUT2D eigenvalue weighted by Crippen LogP contribution is -2.09. The van der Waals surface area contributed by atoms with E-state index in [9.17, 15) is 13.2 Å². The lowest BCUT2D eigenvalue weighted by Gasteiger charge is -2.09. The molecule has 3 rings (SSSR count). The molecule has 0 radical (unpaired) electrons. The van der Waals surface area contributed by atoms with Crippen molar-refractivity contribution in [3.63, 3.8) is 0 Å². The average molecular weight is 276 g/mol. The van der Waals surface area contributed by atoms with E-state index in [1.54, 1.807) is 0 Å². The Hall–Kier alpha value is -1.30. The van der Waals surface area contributed by atoms with Crippen LogP contribution in [0.3, 0.4) is 0 Å². The molecule has 1 fully saturated rings. The van der Waals surface area contributed by atoms with Gasteiger partial charge in [0.25, 0.3) is 0 Å². The molecule has 0 spiro atoms. The van der Waals surface area contributed by atoms with Crippen molar-refractivity contribution < 1.29 is 13.2 Å². The number of alkyl halides is 3. The standard InChI is InChI=1S/C11H9ClF3N3/c12-7-3-4-18-8(5-6-1-2-6)16-17-10(18)9(7)11(13,14)15/h3-4,6H,1-2,5H2. The van der Waals surface area contributed by atoms with Crippen LogP contribution in [0.1, 0.15) is 24.2 Å². The summed E-state index contributed by atoms with van der Waals surface area (Å²) in [4.78, 5) is 0. The topological polar surface area (TPSA) is 30.2 Å². The van der Waals surface area contributed by atoms with Crippen LogP contribution >= 0.6 is 11.6 Å². The highest BCUT2D eigenvalue weighted by Gasteiger charge is 2.37. The van der Waals surface area contributed by atoms with Gasteiger partial charge in [0.05, 0.1) is 5.02 Å². The Bertz CT molecular complexity index is 601. The van der Waals surface area contributed by atoms with Gasteiger partial charge in [-0.2, -0.15) is 13.2 Å². The number of pyridine rings is 1. The summed E-state index contributed by atoms with van der Waals surface area (Å²) >= 11 is 5.61. The third-order valence-corrected chi connectivity index (χ3v) is 3.37. The quantitative estimate of drug-likeness (QED) is 0.841. The van der Waals surface area contributed by atoms with Gasteiger partial charge in [0.1, 0.15) is 11.4 Å². The number of hydrogen-bond acceptors (Lipinski definition) is 2. The Balaban J connectivity index is 2.16. The first-order valence-electron chi connectivity index (χ1n) is 5.56. The molecule has 0 saturated heterocycles. The van der Waals surface area contributed by atoms with E-state index in [1.807, 2.05) is 0 Å². The molecule has 2 aromatic heterocycles. The van der Waals surface area contributed by atoms with Gasteiger partial charge in [-0.25, -0.2) is 0 Å². The summed E-state index contributed by atoms with van der Waals surface area (Å²) in [6.07, 6.45) is -0.155. The maximum Gasteiger partial charge on any atom is 0.421 e. The predicted molar refractivity (Wildman–Crippen MR) is 59.4 cm³/mol. The van der Waals surface area contributed by atoms with Crippen LogP contribution in [0.4, 0.5) is 13.2 Å². The third kappa shape index (κ3) is 1.94. The normalized spacial score (nSPS) is 16.4. The van der Waals surface area contributed by atoms with Crippen molar-refractivity contribution in [3.05, 3.63) is 28.7 Å². The molecule has 0 bridgehead atoms. The van der Waals surface area contributed by atoms with Crippen LogP contribution < -0.4 is 0 Å². The highest BCUT2D eigenvalue weighted by molar-refractivity contribution is 6.31. The maximum atomic E-state index is 12.9. The van der Waals surface area contributed by atoms with Gasteiger partial charge in [0, 0.05) is 12.6 Å². The summed E-state index contributed by atoms with van der Waals surface area (Å²) in [5.41, 5.74) is -1.13. The Morgan fingerprint density at radius 1 is 1.33 bits per heavy atom. The van der Waals surface area contributed by atoms with Crippen molar-refractivity contribution in [1.82, 2.24) is 14.6 Å². The Morgan fingerprint density at radius 2 is 2.06 bits per heavy atom. The molecule has 1 aliphatic carbocycles. The van der Waals surface area contributed by atoms with E-state index in [0.29, 0.717) is 18.2 Å². The van der Waals surface area contributed by atoms with Crippen LogP contribution in [-0.2, 0) is 12.6 Å². The molecule has 0 amide bonds. The summed E-state index contributed by atoms with van der Waals surface area (Å²) in [5, 5.41) is 7.13. The smallest absolute Gasteiger partial charge is 0.286 e. The van der Waals surface area contributed by atoms with Gasteiger partial charge >= 0.3 is 6.18 Å². The number of fused-ring (bicyclic) bond motifs is 1. The largest absolute Gasteiger partial charge is 0.421 e. The third-order valence-electron chi connectivity index (χ3n) is 3.05. The van der Waals surface area contributed by atoms with Gasteiger partial charge < -0.3 is 0 Å². The van der Waals surface area contributed by atoms with Crippen LogP contribution in [0.5, 0.6) is 0 Å². The van der Waals surface area contributed by atoms with E-state index in [-0.39, 0.29) is 10.7 Å². The van der Waals surface area contributed by atoms with Crippen molar-refractivity contribution in [2.45, 2.75) is 25.4 Å². The molecule has 2 aromatic rings. The van der Waals surface area contributed by atoms with Gasteiger partial charge in [0.2, 0.25) is 0 Å². The molecule has 2 heterocycles. The molecule has 1 aliphatic rings. The predicted octanol–water partition coefficient (Wildman–Crippen LogP) is 3.35. The van der Waals surface area contributed by atoms with Crippen LogP contribution in [0.2, 0.25) is 5.02 Å². The maximum absolute atomic E-state index is 12.9. The van der Waals surface area contributed by atoms with Crippen molar-refractivity contribution >= 4 is 17.2 Å². The summed E-state index contributed by atoms with van der Waals surface area (Å²) in [6, 6.07) is 1.23. The molecule has 1 saturated carbocycles. The fraction of sp³-hybridized carbons (Fsp3) is 0.455. The highest BCUT2D eigenvalue weighted by Crippen LogP contribution is 2.38. The van der Waals surface area contributed by atoms with Gasteiger partial charge in [0.15, 0.2) is 5.65 Å². The zero-order valence-corrected chi connectivity index (χ0v) is 9.96. The van der Waals surface area contributed by atoms with Gasteiger partial charge in [-0.05, 0) is 24.8 Å². The molecule has 0 unspecified atom stereocenters. The zero-order valence-electron chi connectivity index (χ0n) is 9.21. The second-order valence-electron chi connectivity index (χ2n) is 4.49. The SMILES string of the molecule is FC(F)(F)c1c(Cl)ccn2c(CC3CC3)nnc12. The van der Waals surface area contributed by atoms with Crippen LogP contribution in [0, 0.1) is 5.92 Å². The first-order chi connectivity index (χ1) is 8.47. The van der Waals surface area contributed by atoms with Crippen LogP contribution in [0.15, 0.2) is 12.3 Å². The second-order valence-corrected chi connectivity index (χ2v) is 4.90. The molecule has 0 aromatic carbocycles. The molecular weight excluding hydrogens is 267 g/mol. The first kappa shape index (κ1) is 11.8. The van der Waals surface area contributed by atoms with E-state index in [1.165, 1.54) is 16.7 Å². The van der Waals surface area contributed by atoms with Gasteiger partial charge in [-0.3, -0.25) is 4.40 Å². The Morgan fingerprint density at radius 3 is 2.67 bits per heavy atom. The van der Waals surface area contributed by atoms with E-state index in [2.05, 4.69) is 10.2 Å². The van der Waals surface area contributed by atoms with E-state index in [4.69, 9.17) is 11.6 Å². The van der Waals surface area contributed by atoms with Crippen molar-refractivity contribution in [3.8, 4) is 0 Å². The lowest BCUT2D eigenvalue weighted by atomic mass is 10.2. The van der Waals surface area contributed by atoms with Gasteiger partial charge in [-0.15, -0.1) is 10.2 Å². The van der Waals surface area contributed by atoms with E-state index < -0.39 is 11.7 Å². The minimum Gasteiger partial charge on any atom is -0.286 e. The second kappa shape index (κ2) is 3.85. The molecule has 18 heavy (non-hydrogen) atoms. The number of hydrogen-bond donors (Lipinski definition) is 0. The average Bonchev–Trinajstić information content (AvgIpc) is 2.98. The molecular formula is C11H9ClF3N3. The van der Waals surface area contributed by atoms with Crippen molar-refractivity contribution in [2.75, 3.05) is 0 Å². The Labute approximate surface area is 106 Å². The fourth-order valence-electron chi connectivity index (χ4n) is 1.96. The number of halogens is 4. The van der Waals surface area contributed by atoms with Crippen molar-refractivity contribution in [2.24, 2.45) is 5.92 Å². The minimum atomic E-state index is -4.52. The summed E-state index contributed by atoms with van der Waals surface area (Å²) < 4.78 is 40.1.